The second kappa shape index (κ2) is 8.72. The van der Waals surface area contributed by atoms with Crippen LogP contribution in [0.15, 0.2) is 36.8 Å². The molecule has 0 saturated carbocycles. The summed E-state index contributed by atoms with van der Waals surface area (Å²) in [5.74, 6) is 0. The van der Waals surface area contributed by atoms with Crippen LogP contribution in [-0.2, 0) is 13.6 Å². The minimum atomic E-state index is 0.221. The lowest BCUT2D eigenvalue weighted by atomic mass is 10.1. The average Bonchev–Trinajstić information content (AvgIpc) is 3.25. The van der Waals surface area contributed by atoms with Crippen LogP contribution >= 0.6 is 0 Å². The van der Waals surface area contributed by atoms with Crippen molar-refractivity contribution in [2.75, 3.05) is 18.0 Å². The molecule has 0 aliphatic carbocycles. The predicted molar refractivity (Wildman–Crippen MR) is 110 cm³/mol. The van der Waals surface area contributed by atoms with Crippen LogP contribution in [-0.4, -0.2) is 32.8 Å². The fourth-order valence-corrected chi connectivity index (χ4v) is 3.49. The molecule has 1 atom stereocenters. The Labute approximate surface area is 166 Å². The summed E-state index contributed by atoms with van der Waals surface area (Å²) in [6.07, 6.45) is 3.71. The van der Waals surface area contributed by atoms with Crippen molar-refractivity contribution >= 4 is 5.69 Å². The fourth-order valence-electron chi connectivity index (χ4n) is 3.49. The van der Waals surface area contributed by atoms with Crippen molar-refractivity contribution in [1.82, 2.24) is 25.1 Å². The van der Waals surface area contributed by atoms with E-state index in [0.717, 1.165) is 42.4 Å². The van der Waals surface area contributed by atoms with Gasteiger partial charge in [0, 0.05) is 49.3 Å². The molecule has 1 aromatic carbocycles. The maximum Gasteiger partial charge on any atom is 0.0991 e. The number of nitrogens with zero attached hydrogens (tertiary/aromatic N) is 5. The van der Waals surface area contributed by atoms with Gasteiger partial charge in [-0.05, 0) is 45.0 Å². The summed E-state index contributed by atoms with van der Waals surface area (Å²) in [5.41, 5.74) is 6.27. The van der Waals surface area contributed by atoms with E-state index in [1.165, 1.54) is 5.56 Å². The number of benzene rings is 1. The van der Waals surface area contributed by atoms with Crippen molar-refractivity contribution in [2.24, 2.45) is 7.05 Å². The SMILES string of the molecule is Cc1n[nH]c(C)c1C(C)NCCN(Cc1cncn1C)c1ccc(C#N)cc1. The van der Waals surface area contributed by atoms with Crippen LogP contribution in [0.5, 0.6) is 0 Å². The van der Waals surface area contributed by atoms with E-state index in [9.17, 15) is 0 Å². The van der Waals surface area contributed by atoms with E-state index >= 15 is 0 Å². The highest BCUT2D eigenvalue weighted by atomic mass is 15.2. The fraction of sp³-hybridized carbons (Fsp3) is 0.381. The maximum atomic E-state index is 9.06. The summed E-state index contributed by atoms with van der Waals surface area (Å²) in [5, 5.41) is 20.0. The normalized spacial score (nSPS) is 12.0. The third kappa shape index (κ3) is 4.41. The molecule has 3 aromatic rings. The molecule has 7 nitrogen and oxygen atoms in total. The molecule has 2 aromatic heterocycles. The van der Waals surface area contributed by atoms with Crippen molar-refractivity contribution in [3.05, 3.63) is 65.0 Å². The van der Waals surface area contributed by atoms with E-state index in [0.29, 0.717) is 5.56 Å². The van der Waals surface area contributed by atoms with E-state index in [4.69, 9.17) is 5.26 Å². The number of aryl methyl sites for hydroxylation is 3. The highest BCUT2D eigenvalue weighted by Gasteiger charge is 2.15. The molecule has 0 bridgehead atoms. The Morgan fingerprint density at radius 2 is 2.04 bits per heavy atom. The Bertz CT molecular complexity index is 927. The smallest absolute Gasteiger partial charge is 0.0991 e. The molecule has 0 spiro atoms. The molecule has 28 heavy (non-hydrogen) atoms. The zero-order chi connectivity index (χ0) is 20.1. The number of aromatic amines is 1. The number of imidazole rings is 1. The third-order valence-corrected chi connectivity index (χ3v) is 5.08. The number of rotatable bonds is 8. The Kier molecular flexibility index (Phi) is 6.12. The van der Waals surface area contributed by atoms with Gasteiger partial charge in [0.05, 0.1) is 35.9 Å². The van der Waals surface area contributed by atoms with Gasteiger partial charge in [-0.1, -0.05) is 0 Å². The first-order valence-corrected chi connectivity index (χ1v) is 9.44. The van der Waals surface area contributed by atoms with E-state index in [2.05, 4.69) is 45.3 Å². The van der Waals surface area contributed by atoms with Crippen molar-refractivity contribution in [3.8, 4) is 6.07 Å². The predicted octanol–water partition coefficient (Wildman–Crippen LogP) is 2.99. The zero-order valence-corrected chi connectivity index (χ0v) is 16.9. The minimum absolute atomic E-state index is 0.221. The Morgan fingerprint density at radius 3 is 2.61 bits per heavy atom. The van der Waals surface area contributed by atoms with Crippen LogP contribution in [0.25, 0.3) is 0 Å². The first-order chi connectivity index (χ1) is 13.5. The first kappa shape index (κ1) is 19.6. The molecule has 3 rings (SSSR count). The van der Waals surface area contributed by atoms with Crippen LogP contribution in [0.3, 0.4) is 0 Å². The number of H-pyrrole nitrogens is 1. The standard InChI is InChI=1S/C21H27N7/c1-15(21-16(2)25-26-17(21)3)24-9-10-28(13-20-12-23-14-27(20)4)19-7-5-18(11-22)6-8-19/h5-8,12,14-15,24H,9-10,13H2,1-4H3,(H,25,26). The molecule has 0 fully saturated rings. The monoisotopic (exact) mass is 377 g/mol. The topological polar surface area (TPSA) is 85.6 Å². The van der Waals surface area contributed by atoms with Crippen molar-refractivity contribution in [3.63, 3.8) is 0 Å². The van der Waals surface area contributed by atoms with E-state index in [-0.39, 0.29) is 6.04 Å². The van der Waals surface area contributed by atoms with Gasteiger partial charge < -0.3 is 14.8 Å². The number of aromatic nitrogens is 4. The number of nitriles is 1. The molecular weight excluding hydrogens is 350 g/mol. The van der Waals surface area contributed by atoms with Gasteiger partial charge in [-0.3, -0.25) is 5.10 Å². The molecule has 0 aliphatic rings. The molecule has 0 amide bonds. The lowest BCUT2D eigenvalue weighted by Crippen LogP contribution is -2.33. The van der Waals surface area contributed by atoms with Crippen molar-refractivity contribution < 1.29 is 0 Å². The van der Waals surface area contributed by atoms with Crippen molar-refractivity contribution in [1.29, 1.82) is 5.26 Å². The second-order valence-electron chi connectivity index (χ2n) is 7.10. The molecule has 0 aliphatic heterocycles. The van der Waals surface area contributed by atoms with Gasteiger partial charge in [0.15, 0.2) is 0 Å². The minimum Gasteiger partial charge on any atom is -0.364 e. The van der Waals surface area contributed by atoms with Gasteiger partial charge in [0.25, 0.3) is 0 Å². The lowest BCUT2D eigenvalue weighted by Gasteiger charge is -2.26. The summed E-state index contributed by atoms with van der Waals surface area (Å²) in [6.45, 7) is 8.65. The van der Waals surface area contributed by atoms with Gasteiger partial charge in [0.2, 0.25) is 0 Å². The van der Waals surface area contributed by atoms with Gasteiger partial charge >= 0.3 is 0 Å². The highest BCUT2D eigenvalue weighted by molar-refractivity contribution is 5.50. The summed E-state index contributed by atoms with van der Waals surface area (Å²) in [4.78, 5) is 6.52. The number of hydrogen-bond donors (Lipinski definition) is 2. The summed E-state index contributed by atoms with van der Waals surface area (Å²) in [7, 11) is 2.00. The number of anilines is 1. The first-order valence-electron chi connectivity index (χ1n) is 9.44. The quantitative estimate of drug-likeness (QED) is 0.630. The molecule has 0 saturated heterocycles. The molecule has 1 unspecified atom stereocenters. The van der Waals surface area contributed by atoms with Gasteiger partial charge in [-0.15, -0.1) is 0 Å². The Hall–Kier alpha value is -3.11. The second-order valence-corrected chi connectivity index (χ2v) is 7.10. The number of hydrogen-bond acceptors (Lipinski definition) is 5. The van der Waals surface area contributed by atoms with E-state index in [1.54, 1.807) is 0 Å². The van der Waals surface area contributed by atoms with Gasteiger partial charge in [0.1, 0.15) is 0 Å². The van der Waals surface area contributed by atoms with Crippen LogP contribution in [0.2, 0.25) is 0 Å². The zero-order valence-electron chi connectivity index (χ0n) is 16.9. The lowest BCUT2D eigenvalue weighted by molar-refractivity contribution is 0.562. The number of nitrogens with one attached hydrogen (secondary N) is 2. The molecule has 2 N–H and O–H groups in total. The van der Waals surface area contributed by atoms with Gasteiger partial charge in [-0.25, -0.2) is 4.98 Å². The van der Waals surface area contributed by atoms with Crippen molar-refractivity contribution in [2.45, 2.75) is 33.4 Å². The van der Waals surface area contributed by atoms with Gasteiger partial charge in [-0.2, -0.15) is 10.4 Å². The van der Waals surface area contributed by atoms with E-state index in [1.807, 2.05) is 55.3 Å². The van der Waals surface area contributed by atoms with E-state index < -0.39 is 0 Å². The third-order valence-electron chi connectivity index (χ3n) is 5.08. The summed E-state index contributed by atoms with van der Waals surface area (Å²) >= 11 is 0. The maximum absolute atomic E-state index is 9.06. The van der Waals surface area contributed by atoms with Crippen LogP contribution < -0.4 is 10.2 Å². The largest absolute Gasteiger partial charge is 0.364 e. The summed E-state index contributed by atoms with van der Waals surface area (Å²) < 4.78 is 2.03. The summed E-state index contributed by atoms with van der Waals surface area (Å²) in [6, 6.07) is 10.1. The molecule has 0 radical (unpaired) electrons. The average molecular weight is 377 g/mol. The van der Waals surface area contributed by atoms with Crippen LogP contribution in [0.4, 0.5) is 5.69 Å². The molecule has 2 heterocycles. The molecular formula is C21H27N7. The highest BCUT2D eigenvalue weighted by Crippen LogP contribution is 2.20. The Morgan fingerprint density at radius 1 is 1.29 bits per heavy atom. The molecule has 146 valence electrons. The Balaban J connectivity index is 1.70. The molecule has 7 heteroatoms. The van der Waals surface area contributed by atoms with Crippen LogP contribution in [0.1, 0.15) is 41.2 Å². The van der Waals surface area contributed by atoms with Crippen LogP contribution in [0, 0.1) is 25.2 Å².